The smallest absolute Gasteiger partial charge is 0.191 e. The summed E-state index contributed by atoms with van der Waals surface area (Å²) in [6.45, 7) is 11.3. The van der Waals surface area contributed by atoms with Crippen molar-refractivity contribution in [3.05, 3.63) is 16.1 Å². The van der Waals surface area contributed by atoms with Gasteiger partial charge >= 0.3 is 0 Å². The van der Waals surface area contributed by atoms with E-state index in [4.69, 9.17) is 4.74 Å². The van der Waals surface area contributed by atoms with Crippen LogP contribution in [0.1, 0.15) is 37.1 Å². The number of halogens is 1. The van der Waals surface area contributed by atoms with Crippen LogP contribution in [0.2, 0.25) is 0 Å². The van der Waals surface area contributed by atoms with E-state index in [-0.39, 0.29) is 24.0 Å². The number of ether oxygens (including phenoxy) is 1. The molecule has 0 atom stereocenters. The number of aryl methyl sites for hydroxylation is 1. The van der Waals surface area contributed by atoms with E-state index < -0.39 is 0 Å². The van der Waals surface area contributed by atoms with Gasteiger partial charge < -0.3 is 15.4 Å². The van der Waals surface area contributed by atoms with Crippen molar-refractivity contribution in [1.29, 1.82) is 0 Å². The normalized spacial score (nSPS) is 11.4. The molecule has 5 nitrogen and oxygen atoms in total. The molecule has 0 saturated heterocycles. The summed E-state index contributed by atoms with van der Waals surface area (Å²) in [6.07, 6.45) is 3.16. The third kappa shape index (κ3) is 10.0. The van der Waals surface area contributed by atoms with E-state index in [2.05, 4.69) is 48.3 Å². The van der Waals surface area contributed by atoms with Crippen LogP contribution in [0.4, 0.5) is 0 Å². The molecule has 1 aromatic heterocycles. The Bertz CT molecular complexity index is 409. The fraction of sp³-hybridized carbons (Fsp3) is 0.714. The van der Waals surface area contributed by atoms with Crippen molar-refractivity contribution in [1.82, 2.24) is 15.6 Å². The third-order valence-electron chi connectivity index (χ3n) is 2.45. The van der Waals surface area contributed by atoms with Gasteiger partial charge in [0.25, 0.3) is 0 Å². The van der Waals surface area contributed by atoms with E-state index in [9.17, 15) is 0 Å². The molecule has 1 aromatic rings. The summed E-state index contributed by atoms with van der Waals surface area (Å²) in [5.41, 5.74) is 0. The summed E-state index contributed by atoms with van der Waals surface area (Å²) in [5.74, 6) is 0.838. The van der Waals surface area contributed by atoms with Crippen molar-refractivity contribution < 1.29 is 4.74 Å². The van der Waals surface area contributed by atoms with Crippen molar-refractivity contribution in [3.63, 3.8) is 0 Å². The summed E-state index contributed by atoms with van der Waals surface area (Å²) in [4.78, 5) is 10.1. The molecule has 1 rings (SSSR count). The zero-order chi connectivity index (χ0) is 14.8. The molecule has 0 bridgehead atoms. The molecule has 0 saturated carbocycles. The van der Waals surface area contributed by atoms with Crippen LogP contribution < -0.4 is 10.6 Å². The van der Waals surface area contributed by atoms with E-state index >= 15 is 0 Å². The monoisotopic (exact) mass is 426 g/mol. The van der Waals surface area contributed by atoms with Gasteiger partial charge in [-0.1, -0.05) is 0 Å². The molecule has 0 aliphatic rings. The molecular weight excluding hydrogens is 399 g/mol. The number of rotatable bonds is 8. The summed E-state index contributed by atoms with van der Waals surface area (Å²) >= 11 is 1.69. The molecule has 7 heteroatoms. The van der Waals surface area contributed by atoms with Crippen LogP contribution in [0.25, 0.3) is 0 Å². The van der Waals surface area contributed by atoms with Gasteiger partial charge in [-0.3, -0.25) is 0 Å². The maximum Gasteiger partial charge on any atom is 0.191 e. The Morgan fingerprint density at radius 1 is 1.43 bits per heavy atom. The standard InChI is InChI=1S/C14H26N4OS.HI/c1-5-15-14(16-7-6-8-19-11(2)3)18-10-13-17-9-12(4)20-13;/h9,11H,5-8,10H2,1-4H3,(H2,15,16,18);1H. The van der Waals surface area contributed by atoms with Crippen molar-refractivity contribution in [2.24, 2.45) is 4.99 Å². The fourth-order valence-electron chi connectivity index (χ4n) is 1.56. The maximum atomic E-state index is 5.51. The Balaban J connectivity index is 0.00000400. The van der Waals surface area contributed by atoms with E-state index in [1.54, 1.807) is 11.3 Å². The third-order valence-corrected chi connectivity index (χ3v) is 3.35. The van der Waals surface area contributed by atoms with E-state index in [1.165, 1.54) is 4.88 Å². The minimum absolute atomic E-state index is 0. The van der Waals surface area contributed by atoms with Gasteiger partial charge in [0.2, 0.25) is 0 Å². The van der Waals surface area contributed by atoms with Crippen molar-refractivity contribution in [2.45, 2.75) is 46.8 Å². The summed E-state index contributed by atoms with van der Waals surface area (Å²) in [6, 6.07) is 0. The molecule has 1 heterocycles. The maximum absolute atomic E-state index is 5.51. The second-order valence-electron chi connectivity index (χ2n) is 4.76. The molecule has 0 aliphatic heterocycles. The molecule has 0 fully saturated rings. The highest BCUT2D eigenvalue weighted by atomic mass is 127. The van der Waals surface area contributed by atoms with Crippen molar-refractivity contribution in [2.75, 3.05) is 19.7 Å². The van der Waals surface area contributed by atoms with Gasteiger partial charge in [0.05, 0.1) is 12.6 Å². The molecule has 21 heavy (non-hydrogen) atoms. The average molecular weight is 426 g/mol. The summed E-state index contributed by atoms with van der Waals surface area (Å²) < 4.78 is 5.51. The van der Waals surface area contributed by atoms with Crippen LogP contribution in [0.5, 0.6) is 0 Å². The first-order chi connectivity index (χ1) is 9.61. The van der Waals surface area contributed by atoms with Gasteiger partial charge in [0.1, 0.15) is 5.01 Å². The number of hydrogen-bond donors (Lipinski definition) is 2. The van der Waals surface area contributed by atoms with Crippen LogP contribution in [0.15, 0.2) is 11.2 Å². The number of thiazole rings is 1. The minimum Gasteiger partial charge on any atom is -0.379 e. The lowest BCUT2D eigenvalue weighted by atomic mass is 10.4. The zero-order valence-electron chi connectivity index (χ0n) is 13.3. The van der Waals surface area contributed by atoms with Gasteiger partial charge in [-0.05, 0) is 34.1 Å². The van der Waals surface area contributed by atoms with E-state index in [0.717, 1.165) is 37.1 Å². The highest BCUT2D eigenvalue weighted by molar-refractivity contribution is 14.0. The SMILES string of the molecule is CCNC(=NCc1ncc(C)s1)NCCCOC(C)C.I. The lowest BCUT2D eigenvalue weighted by Gasteiger charge is -2.11. The Morgan fingerprint density at radius 2 is 2.19 bits per heavy atom. The number of hydrogen-bond acceptors (Lipinski definition) is 4. The van der Waals surface area contributed by atoms with Crippen LogP contribution in [0.3, 0.4) is 0 Å². The van der Waals surface area contributed by atoms with Crippen molar-refractivity contribution in [3.8, 4) is 0 Å². The molecule has 0 aromatic carbocycles. The first-order valence-corrected chi connectivity index (χ1v) is 7.98. The van der Waals surface area contributed by atoms with E-state index in [0.29, 0.717) is 12.6 Å². The molecule has 122 valence electrons. The molecule has 0 unspecified atom stereocenters. The van der Waals surface area contributed by atoms with Gasteiger partial charge in [-0.15, -0.1) is 35.3 Å². The first-order valence-electron chi connectivity index (χ1n) is 7.17. The molecule has 0 amide bonds. The number of guanidine groups is 1. The Hall–Kier alpha value is -0.410. The number of aromatic nitrogens is 1. The second-order valence-corrected chi connectivity index (χ2v) is 6.08. The summed E-state index contributed by atoms with van der Waals surface area (Å²) in [7, 11) is 0. The number of nitrogens with zero attached hydrogens (tertiary/aromatic N) is 2. The first kappa shape index (κ1) is 20.6. The predicted molar refractivity (Wildman–Crippen MR) is 101 cm³/mol. The lowest BCUT2D eigenvalue weighted by Crippen LogP contribution is -2.38. The van der Waals surface area contributed by atoms with Crippen molar-refractivity contribution >= 4 is 41.3 Å². The minimum atomic E-state index is 0. The average Bonchev–Trinajstić information content (AvgIpc) is 2.81. The second kappa shape index (κ2) is 12.2. The molecule has 0 spiro atoms. The number of nitrogens with one attached hydrogen (secondary N) is 2. The van der Waals surface area contributed by atoms with Gasteiger partial charge in [-0.25, -0.2) is 9.98 Å². The highest BCUT2D eigenvalue weighted by Gasteiger charge is 2.00. The van der Waals surface area contributed by atoms with Crippen LogP contribution in [0, 0.1) is 6.92 Å². The predicted octanol–water partition coefficient (Wildman–Crippen LogP) is 2.94. The highest BCUT2D eigenvalue weighted by Crippen LogP contribution is 2.11. The molecule has 2 N–H and O–H groups in total. The van der Waals surface area contributed by atoms with Crippen LogP contribution in [-0.2, 0) is 11.3 Å². The number of aliphatic imine (C=N–C) groups is 1. The Morgan fingerprint density at radius 3 is 2.76 bits per heavy atom. The largest absolute Gasteiger partial charge is 0.379 e. The van der Waals surface area contributed by atoms with E-state index in [1.807, 2.05) is 6.20 Å². The quantitative estimate of drug-likeness (QED) is 0.291. The molecule has 0 aliphatic carbocycles. The lowest BCUT2D eigenvalue weighted by molar-refractivity contribution is 0.0776. The summed E-state index contributed by atoms with van der Waals surface area (Å²) in [5, 5.41) is 7.59. The molecule has 0 radical (unpaired) electrons. The van der Waals surface area contributed by atoms with Gasteiger partial charge in [0, 0.05) is 30.8 Å². The topological polar surface area (TPSA) is 58.5 Å². The van der Waals surface area contributed by atoms with Crippen LogP contribution in [-0.4, -0.2) is 36.7 Å². The zero-order valence-corrected chi connectivity index (χ0v) is 16.5. The van der Waals surface area contributed by atoms with Crippen LogP contribution >= 0.6 is 35.3 Å². The molecular formula is C14H27IN4OS. The van der Waals surface area contributed by atoms with Gasteiger partial charge in [0.15, 0.2) is 5.96 Å². The Labute approximate surface area is 149 Å². The fourth-order valence-corrected chi connectivity index (χ4v) is 2.27. The Kier molecular flexibility index (Phi) is 11.9. The van der Waals surface area contributed by atoms with Gasteiger partial charge in [-0.2, -0.15) is 0 Å².